The number of carbonyl (C=O) groups excluding carboxylic acids is 1. The van der Waals surface area contributed by atoms with Crippen molar-refractivity contribution >= 4 is 6.03 Å². The van der Waals surface area contributed by atoms with Gasteiger partial charge in [-0.05, 0) is 50.4 Å². The van der Waals surface area contributed by atoms with Crippen LogP contribution < -0.4 is 5.32 Å². The summed E-state index contributed by atoms with van der Waals surface area (Å²) in [5.41, 5.74) is 0. The molecule has 1 aliphatic heterocycles. The normalized spacial score (nSPS) is 35.7. The Morgan fingerprint density at radius 3 is 2.43 bits per heavy atom. The molecule has 4 fully saturated rings. The highest BCUT2D eigenvalue weighted by molar-refractivity contribution is 5.75. The predicted octanol–water partition coefficient (Wildman–Crippen LogP) is 3.70. The summed E-state index contributed by atoms with van der Waals surface area (Å²) in [4.78, 5) is 14.6. The van der Waals surface area contributed by atoms with E-state index in [2.05, 4.69) is 5.32 Å². The van der Waals surface area contributed by atoms with Crippen molar-refractivity contribution in [3.05, 3.63) is 0 Å². The molecule has 4 aliphatic rings. The van der Waals surface area contributed by atoms with Crippen LogP contribution in [0.3, 0.4) is 0 Å². The lowest BCUT2D eigenvalue weighted by Gasteiger charge is -2.37. The Kier molecular flexibility index (Phi) is 4.79. The standard InChI is InChI=1S/C19H32N2O2/c22-19(20-18-12-17(18)14-6-2-1-3-7-14)21-11-5-10-16(13-21)23-15-8-4-9-15/h14-18H,1-13H2,(H,20,22)/t16?,17-,18+/m0/s1. The van der Waals surface area contributed by atoms with E-state index in [0.29, 0.717) is 12.1 Å². The maximum Gasteiger partial charge on any atom is 0.317 e. The first-order valence-corrected chi connectivity index (χ1v) is 10.0. The summed E-state index contributed by atoms with van der Waals surface area (Å²) in [5, 5.41) is 3.30. The van der Waals surface area contributed by atoms with Gasteiger partial charge in [0.15, 0.2) is 0 Å². The number of rotatable bonds is 4. The third kappa shape index (κ3) is 3.84. The molecule has 1 unspecified atom stereocenters. The molecule has 4 heteroatoms. The molecular formula is C19H32N2O2. The van der Waals surface area contributed by atoms with Gasteiger partial charge in [0.25, 0.3) is 0 Å². The van der Waals surface area contributed by atoms with E-state index in [-0.39, 0.29) is 12.1 Å². The fourth-order valence-electron chi connectivity index (χ4n) is 4.73. The Morgan fingerprint density at radius 2 is 1.70 bits per heavy atom. The molecule has 0 spiro atoms. The van der Waals surface area contributed by atoms with Gasteiger partial charge in [-0.25, -0.2) is 4.79 Å². The van der Waals surface area contributed by atoms with Gasteiger partial charge in [0.1, 0.15) is 0 Å². The second kappa shape index (κ2) is 7.00. The number of hydrogen-bond donors (Lipinski definition) is 1. The molecule has 2 amide bonds. The quantitative estimate of drug-likeness (QED) is 0.858. The van der Waals surface area contributed by atoms with Crippen LogP contribution >= 0.6 is 0 Å². The third-order valence-corrected chi connectivity index (χ3v) is 6.51. The second-order valence-electron chi connectivity index (χ2n) is 8.25. The SMILES string of the molecule is O=C(N[C@@H]1C[C@H]1C1CCCCC1)N1CCCC(OC2CCC2)C1. The maximum atomic E-state index is 12.6. The average Bonchev–Trinajstić information content (AvgIpc) is 3.31. The molecule has 3 saturated carbocycles. The molecule has 23 heavy (non-hydrogen) atoms. The van der Waals surface area contributed by atoms with E-state index in [0.717, 1.165) is 37.8 Å². The lowest BCUT2D eigenvalue weighted by Crippen LogP contribution is -2.49. The second-order valence-corrected chi connectivity index (χ2v) is 8.25. The Balaban J connectivity index is 1.21. The first-order chi connectivity index (χ1) is 11.3. The first-order valence-electron chi connectivity index (χ1n) is 10.0. The van der Waals surface area contributed by atoms with Crippen molar-refractivity contribution in [1.29, 1.82) is 0 Å². The molecule has 0 aromatic rings. The minimum atomic E-state index is 0.162. The molecular weight excluding hydrogens is 288 g/mol. The molecule has 3 aliphatic carbocycles. The smallest absolute Gasteiger partial charge is 0.317 e. The van der Waals surface area contributed by atoms with E-state index in [9.17, 15) is 4.79 Å². The summed E-state index contributed by atoms with van der Waals surface area (Å²) in [7, 11) is 0. The Bertz CT molecular complexity index is 418. The van der Waals surface area contributed by atoms with E-state index >= 15 is 0 Å². The number of piperidine rings is 1. The van der Waals surface area contributed by atoms with Gasteiger partial charge in [0.05, 0.1) is 12.2 Å². The Labute approximate surface area is 140 Å². The highest BCUT2D eigenvalue weighted by Gasteiger charge is 2.44. The van der Waals surface area contributed by atoms with E-state index in [1.54, 1.807) is 0 Å². The third-order valence-electron chi connectivity index (χ3n) is 6.51. The molecule has 4 rings (SSSR count). The minimum Gasteiger partial charge on any atom is -0.373 e. The topological polar surface area (TPSA) is 41.6 Å². The number of hydrogen-bond acceptors (Lipinski definition) is 2. The highest BCUT2D eigenvalue weighted by atomic mass is 16.5. The van der Waals surface area contributed by atoms with Gasteiger partial charge in [-0.15, -0.1) is 0 Å². The van der Waals surface area contributed by atoms with Crippen LogP contribution in [0.2, 0.25) is 0 Å². The Morgan fingerprint density at radius 1 is 0.913 bits per heavy atom. The molecule has 0 aromatic heterocycles. The minimum absolute atomic E-state index is 0.162. The number of amides is 2. The molecule has 1 N–H and O–H groups in total. The van der Waals surface area contributed by atoms with Gasteiger partial charge in [-0.3, -0.25) is 0 Å². The van der Waals surface area contributed by atoms with Gasteiger partial charge in [0.2, 0.25) is 0 Å². The lowest BCUT2D eigenvalue weighted by atomic mass is 9.85. The van der Waals surface area contributed by atoms with Crippen LogP contribution in [0.1, 0.15) is 70.6 Å². The van der Waals surface area contributed by atoms with Crippen molar-refractivity contribution in [2.24, 2.45) is 11.8 Å². The number of nitrogens with zero attached hydrogens (tertiary/aromatic N) is 1. The summed E-state index contributed by atoms with van der Waals surface area (Å²) in [6, 6.07) is 0.619. The molecule has 0 bridgehead atoms. The van der Waals surface area contributed by atoms with Crippen LogP contribution in [-0.2, 0) is 4.74 Å². The number of likely N-dealkylation sites (tertiary alicyclic amines) is 1. The highest BCUT2D eigenvalue weighted by Crippen LogP contribution is 2.44. The molecule has 3 atom stereocenters. The lowest BCUT2D eigenvalue weighted by molar-refractivity contribution is -0.0720. The van der Waals surface area contributed by atoms with E-state index in [1.807, 2.05) is 4.90 Å². The van der Waals surface area contributed by atoms with Gasteiger partial charge < -0.3 is 15.0 Å². The van der Waals surface area contributed by atoms with Crippen LogP contribution in [-0.4, -0.2) is 42.3 Å². The molecule has 1 heterocycles. The summed E-state index contributed by atoms with van der Waals surface area (Å²) in [6.07, 6.45) is 14.9. The zero-order chi connectivity index (χ0) is 15.6. The predicted molar refractivity (Wildman–Crippen MR) is 90.3 cm³/mol. The van der Waals surface area contributed by atoms with Crippen LogP contribution in [0.5, 0.6) is 0 Å². The summed E-state index contributed by atoms with van der Waals surface area (Å²) in [6.45, 7) is 1.69. The van der Waals surface area contributed by atoms with Crippen LogP contribution in [0.15, 0.2) is 0 Å². The summed E-state index contributed by atoms with van der Waals surface area (Å²) < 4.78 is 6.12. The van der Waals surface area contributed by atoms with Gasteiger partial charge in [-0.2, -0.15) is 0 Å². The summed E-state index contributed by atoms with van der Waals surface area (Å²) >= 11 is 0. The first kappa shape index (κ1) is 15.7. The molecule has 1 saturated heterocycles. The van der Waals surface area contributed by atoms with E-state index < -0.39 is 0 Å². The number of nitrogens with one attached hydrogen (secondary N) is 1. The van der Waals surface area contributed by atoms with Crippen LogP contribution in [0, 0.1) is 11.8 Å². The largest absolute Gasteiger partial charge is 0.373 e. The van der Waals surface area contributed by atoms with Gasteiger partial charge >= 0.3 is 6.03 Å². The number of urea groups is 1. The van der Waals surface area contributed by atoms with Crippen molar-refractivity contribution in [3.63, 3.8) is 0 Å². The zero-order valence-electron chi connectivity index (χ0n) is 14.3. The van der Waals surface area contributed by atoms with Crippen molar-refractivity contribution in [1.82, 2.24) is 10.2 Å². The Hall–Kier alpha value is -0.770. The zero-order valence-corrected chi connectivity index (χ0v) is 14.3. The number of carbonyl (C=O) groups is 1. The van der Waals surface area contributed by atoms with E-state index in [4.69, 9.17) is 4.74 Å². The van der Waals surface area contributed by atoms with E-state index in [1.165, 1.54) is 57.8 Å². The van der Waals surface area contributed by atoms with Crippen LogP contribution in [0.4, 0.5) is 4.79 Å². The van der Waals surface area contributed by atoms with Crippen molar-refractivity contribution in [2.75, 3.05) is 13.1 Å². The fraction of sp³-hybridized carbons (Fsp3) is 0.947. The van der Waals surface area contributed by atoms with Crippen molar-refractivity contribution in [2.45, 2.75) is 88.9 Å². The van der Waals surface area contributed by atoms with Gasteiger partial charge in [-0.1, -0.05) is 32.1 Å². The fourth-order valence-corrected chi connectivity index (χ4v) is 4.73. The van der Waals surface area contributed by atoms with Crippen molar-refractivity contribution < 1.29 is 9.53 Å². The maximum absolute atomic E-state index is 12.6. The van der Waals surface area contributed by atoms with Crippen molar-refractivity contribution in [3.8, 4) is 0 Å². The molecule has 0 radical (unpaired) electrons. The average molecular weight is 320 g/mol. The monoisotopic (exact) mass is 320 g/mol. The molecule has 0 aromatic carbocycles. The molecule has 130 valence electrons. The van der Waals surface area contributed by atoms with Crippen LogP contribution in [0.25, 0.3) is 0 Å². The molecule has 4 nitrogen and oxygen atoms in total. The number of ether oxygens (including phenoxy) is 1. The summed E-state index contributed by atoms with van der Waals surface area (Å²) in [5.74, 6) is 1.65. The van der Waals surface area contributed by atoms with Gasteiger partial charge in [0, 0.05) is 19.1 Å².